The standard InChI is InChI=1S/C10H15N5O/c11-8-5-12-7-14-10(8)13-6-9(16)15-3-1-2-4-15/h5,7H,1-4,6,11H2,(H,12,13,14). The minimum absolute atomic E-state index is 0.0931. The molecule has 0 bridgehead atoms. The van der Waals surface area contributed by atoms with E-state index in [2.05, 4.69) is 15.3 Å². The van der Waals surface area contributed by atoms with Gasteiger partial charge in [0.2, 0.25) is 5.91 Å². The van der Waals surface area contributed by atoms with Crippen molar-refractivity contribution < 1.29 is 4.79 Å². The number of aromatic nitrogens is 2. The van der Waals surface area contributed by atoms with E-state index >= 15 is 0 Å². The van der Waals surface area contributed by atoms with Crippen LogP contribution in [0.15, 0.2) is 12.5 Å². The number of nitrogens with one attached hydrogen (secondary N) is 1. The van der Waals surface area contributed by atoms with Crippen LogP contribution in [0.2, 0.25) is 0 Å². The van der Waals surface area contributed by atoms with Gasteiger partial charge in [-0.05, 0) is 12.8 Å². The van der Waals surface area contributed by atoms with E-state index in [1.54, 1.807) is 0 Å². The molecule has 86 valence electrons. The van der Waals surface area contributed by atoms with Crippen LogP contribution < -0.4 is 11.1 Å². The molecule has 6 heteroatoms. The minimum atomic E-state index is 0.0931. The lowest BCUT2D eigenvalue weighted by Crippen LogP contribution is -2.33. The highest BCUT2D eigenvalue weighted by atomic mass is 16.2. The topological polar surface area (TPSA) is 84.1 Å². The molecular formula is C10H15N5O. The number of carbonyl (C=O) groups is 1. The number of carbonyl (C=O) groups excluding carboxylic acids is 1. The highest BCUT2D eigenvalue weighted by Gasteiger charge is 2.17. The van der Waals surface area contributed by atoms with Gasteiger partial charge in [-0.15, -0.1) is 0 Å². The average molecular weight is 221 g/mol. The second kappa shape index (κ2) is 4.78. The molecule has 1 aliphatic heterocycles. The zero-order valence-electron chi connectivity index (χ0n) is 9.02. The normalized spacial score (nSPS) is 15.1. The number of nitrogens with zero attached hydrogens (tertiary/aromatic N) is 3. The van der Waals surface area contributed by atoms with Gasteiger partial charge >= 0.3 is 0 Å². The van der Waals surface area contributed by atoms with Crippen molar-refractivity contribution in [2.75, 3.05) is 30.7 Å². The van der Waals surface area contributed by atoms with Crippen molar-refractivity contribution in [2.45, 2.75) is 12.8 Å². The van der Waals surface area contributed by atoms with Gasteiger partial charge in [0.1, 0.15) is 6.33 Å². The molecule has 1 aromatic heterocycles. The van der Waals surface area contributed by atoms with E-state index in [4.69, 9.17) is 5.73 Å². The van der Waals surface area contributed by atoms with Crippen molar-refractivity contribution in [3.8, 4) is 0 Å². The van der Waals surface area contributed by atoms with Crippen molar-refractivity contribution >= 4 is 17.4 Å². The van der Waals surface area contributed by atoms with Gasteiger partial charge in [0.05, 0.1) is 18.4 Å². The number of rotatable bonds is 3. The van der Waals surface area contributed by atoms with Crippen LogP contribution in [0.5, 0.6) is 0 Å². The Kier molecular flexibility index (Phi) is 3.19. The second-order valence-electron chi connectivity index (χ2n) is 3.77. The molecule has 1 fully saturated rings. The van der Waals surface area contributed by atoms with Crippen molar-refractivity contribution in [3.05, 3.63) is 12.5 Å². The predicted octanol–water partition coefficient (Wildman–Crippen LogP) is 0.0931. The Morgan fingerprint density at radius 2 is 2.25 bits per heavy atom. The quantitative estimate of drug-likeness (QED) is 0.756. The third kappa shape index (κ3) is 2.39. The van der Waals surface area contributed by atoms with Crippen LogP contribution in [0, 0.1) is 0 Å². The highest BCUT2D eigenvalue weighted by Crippen LogP contribution is 2.12. The zero-order valence-corrected chi connectivity index (χ0v) is 9.02. The lowest BCUT2D eigenvalue weighted by atomic mass is 10.4. The summed E-state index contributed by atoms with van der Waals surface area (Å²) in [4.78, 5) is 21.3. The summed E-state index contributed by atoms with van der Waals surface area (Å²) in [5.41, 5.74) is 6.10. The zero-order chi connectivity index (χ0) is 11.4. The van der Waals surface area contributed by atoms with Gasteiger partial charge in [-0.1, -0.05) is 0 Å². The molecule has 1 aliphatic rings. The molecule has 6 nitrogen and oxygen atoms in total. The minimum Gasteiger partial charge on any atom is -0.394 e. The molecular weight excluding hydrogens is 206 g/mol. The summed E-state index contributed by atoms with van der Waals surface area (Å²) in [5.74, 6) is 0.609. The van der Waals surface area contributed by atoms with Gasteiger partial charge in [0, 0.05) is 13.1 Å². The van der Waals surface area contributed by atoms with Gasteiger partial charge in [0.25, 0.3) is 0 Å². The number of likely N-dealkylation sites (tertiary alicyclic amines) is 1. The Labute approximate surface area is 93.9 Å². The van der Waals surface area contributed by atoms with Crippen molar-refractivity contribution in [1.29, 1.82) is 0 Å². The molecule has 0 radical (unpaired) electrons. The van der Waals surface area contributed by atoms with Crippen LogP contribution in [0.25, 0.3) is 0 Å². The summed E-state index contributed by atoms with van der Waals surface area (Å²) in [6.07, 6.45) is 5.11. The van der Waals surface area contributed by atoms with Gasteiger partial charge < -0.3 is 16.0 Å². The van der Waals surface area contributed by atoms with E-state index in [1.807, 2.05) is 4.90 Å². The fourth-order valence-electron chi connectivity index (χ4n) is 1.73. The Hall–Kier alpha value is -1.85. The Bertz CT molecular complexity index is 375. The Morgan fingerprint density at radius 1 is 1.50 bits per heavy atom. The van der Waals surface area contributed by atoms with E-state index in [-0.39, 0.29) is 12.5 Å². The van der Waals surface area contributed by atoms with Crippen molar-refractivity contribution in [1.82, 2.24) is 14.9 Å². The number of hydrogen-bond acceptors (Lipinski definition) is 5. The van der Waals surface area contributed by atoms with Gasteiger partial charge in [-0.3, -0.25) is 4.79 Å². The molecule has 0 unspecified atom stereocenters. The summed E-state index contributed by atoms with van der Waals surface area (Å²) in [7, 11) is 0. The fraction of sp³-hybridized carbons (Fsp3) is 0.500. The molecule has 1 saturated heterocycles. The molecule has 2 heterocycles. The maximum Gasteiger partial charge on any atom is 0.241 e. The third-order valence-corrected chi connectivity index (χ3v) is 2.61. The predicted molar refractivity (Wildman–Crippen MR) is 60.7 cm³/mol. The van der Waals surface area contributed by atoms with E-state index < -0.39 is 0 Å². The first kappa shape index (κ1) is 10.7. The van der Waals surface area contributed by atoms with Crippen LogP contribution in [-0.2, 0) is 4.79 Å². The molecule has 3 N–H and O–H groups in total. The smallest absolute Gasteiger partial charge is 0.241 e. The van der Waals surface area contributed by atoms with E-state index in [9.17, 15) is 4.79 Å². The van der Waals surface area contributed by atoms with E-state index in [0.717, 1.165) is 25.9 Å². The molecule has 0 aromatic carbocycles. The van der Waals surface area contributed by atoms with E-state index in [0.29, 0.717) is 11.5 Å². The van der Waals surface area contributed by atoms with E-state index in [1.165, 1.54) is 12.5 Å². The monoisotopic (exact) mass is 221 g/mol. The summed E-state index contributed by atoms with van der Waals surface area (Å²) in [6.45, 7) is 1.96. The molecule has 0 spiro atoms. The van der Waals surface area contributed by atoms with Gasteiger partial charge in [-0.25, -0.2) is 9.97 Å². The summed E-state index contributed by atoms with van der Waals surface area (Å²) in [6, 6.07) is 0. The molecule has 2 rings (SSSR count). The lowest BCUT2D eigenvalue weighted by molar-refractivity contribution is -0.128. The molecule has 0 atom stereocenters. The maximum absolute atomic E-state index is 11.7. The first-order valence-corrected chi connectivity index (χ1v) is 5.34. The summed E-state index contributed by atoms with van der Waals surface area (Å²) < 4.78 is 0. The number of amides is 1. The van der Waals surface area contributed by atoms with Gasteiger partial charge in [-0.2, -0.15) is 0 Å². The number of nitrogens with two attached hydrogens (primary N) is 1. The van der Waals surface area contributed by atoms with Crippen LogP contribution in [0.3, 0.4) is 0 Å². The Morgan fingerprint density at radius 3 is 2.94 bits per heavy atom. The SMILES string of the molecule is Nc1cncnc1NCC(=O)N1CCCC1. The van der Waals surface area contributed by atoms with Crippen molar-refractivity contribution in [3.63, 3.8) is 0 Å². The molecule has 0 saturated carbocycles. The second-order valence-corrected chi connectivity index (χ2v) is 3.77. The van der Waals surface area contributed by atoms with Crippen LogP contribution in [0.1, 0.15) is 12.8 Å². The first-order chi connectivity index (χ1) is 7.77. The molecule has 16 heavy (non-hydrogen) atoms. The first-order valence-electron chi connectivity index (χ1n) is 5.34. The lowest BCUT2D eigenvalue weighted by Gasteiger charge is -2.15. The Balaban J connectivity index is 1.87. The number of hydrogen-bond donors (Lipinski definition) is 2. The largest absolute Gasteiger partial charge is 0.394 e. The highest BCUT2D eigenvalue weighted by molar-refractivity contribution is 5.81. The molecule has 1 amide bonds. The summed E-state index contributed by atoms with van der Waals surface area (Å²) in [5, 5.41) is 2.92. The maximum atomic E-state index is 11.7. The van der Waals surface area contributed by atoms with Crippen LogP contribution in [0.4, 0.5) is 11.5 Å². The number of nitrogen functional groups attached to an aromatic ring is 1. The van der Waals surface area contributed by atoms with Crippen LogP contribution >= 0.6 is 0 Å². The third-order valence-electron chi connectivity index (χ3n) is 2.61. The average Bonchev–Trinajstić information content (AvgIpc) is 2.81. The van der Waals surface area contributed by atoms with Crippen LogP contribution in [-0.4, -0.2) is 40.4 Å². The van der Waals surface area contributed by atoms with Gasteiger partial charge in [0.15, 0.2) is 5.82 Å². The molecule has 1 aromatic rings. The molecule has 0 aliphatic carbocycles. The fourth-order valence-corrected chi connectivity index (χ4v) is 1.73. The summed E-state index contributed by atoms with van der Waals surface area (Å²) >= 11 is 0. The number of anilines is 2. The van der Waals surface area contributed by atoms with Crippen molar-refractivity contribution in [2.24, 2.45) is 0 Å².